The number of rotatable bonds is 4. The smallest absolute Gasteiger partial charge is 0.343 e. The number of amides is 1. The molecule has 6 nitrogen and oxygen atoms in total. The van der Waals surface area contributed by atoms with E-state index in [0.717, 1.165) is 6.07 Å². The van der Waals surface area contributed by atoms with Gasteiger partial charge in [-0.2, -0.15) is 5.10 Å². The third-order valence-electron chi connectivity index (χ3n) is 2.89. The van der Waals surface area contributed by atoms with Crippen LogP contribution in [-0.4, -0.2) is 28.3 Å². The zero-order chi connectivity index (χ0) is 17.1. The summed E-state index contributed by atoms with van der Waals surface area (Å²) in [5.41, 5.74) is 0.355. The standard InChI is InChI=1S/C14H12Cl2FN3O3/c1-7-12(13(16)20(2)19-7)14(22)23-6-11(21)18-10-5-8(15)3-4-9(10)17/h3-5H,6H2,1-2H3,(H,18,21). The molecule has 1 heterocycles. The van der Waals surface area contributed by atoms with Crippen LogP contribution in [0.5, 0.6) is 0 Å². The Morgan fingerprint density at radius 2 is 2.09 bits per heavy atom. The van der Waals surface area contributed by atoms with Crippen LogP contribution in [0.3, 0.4) is 0 Å². The van der Waals surface area contributed by atoms with Crippen molar-refractivity contribution in [2.75, 3.05) is 11.9 Å². The number of carbonyl (C=O) groups is 2. The van der Waals surface area contributed by atoms with Crippen LogP contribution in [0.1, 0.15) is 16.1 Å². The summed E-state index contributed by atoms with van der Waals surface area (Å²) in [6, 6.07) is 3.71. The van der Waals surface area contributed by atoms with E-state index in [1.165, 1.54) is 16.8 Å². The molecule has 23 heavy (non-hydrogen) atoms. The number of hydrogen-bond acceptors (Lipinski definition) is 4. The van der Waals surface area contributed by atoms with Gasteiger partial charge >= 0.3 is 5.97 Å². The van der Waals surface area contributed by atoms with Crippen LogP contribution in [0.2, 0.25) is 10.2 Å². The Hall–Kier alpha value is -2.12. The summed E-state index contributed by atoms with van der Waals surface area (Å²) in [7, 11) is 1.57. The number of nitrogens with one attached hydrogen (secondary N) is 1. The van der Waals surface area contributed by atoms with Gasteiger partial charge in [0.2, 0.25) is 0 Å². The summed E-state index contributed by atoms with van der Waals surface area (Å²) in [6.07, 6.45) is 0. The minimum absolute atomic E-state index is 0.0795. The first-order chi connectivity index (χ1) is 10.8. The van der Waals surface area contributed by atoms with Crippen LogP contribution in [0, 0.1) is 12.7 Å². The molecule has 0 unspecified atom stereocenters. The molecule has 2 aromatic rings. The molecule has 0 radical (unpaired) electrons. The number of carbonyl (C=O) groups excluding carboxylic acids is 2. The highest BCUT2D eigenvalue weighted by atomic mass is 35.5. The maximum absolute atomic E-state index is 13.5. The molecule has 0 aliphatic rings. The topological polar surface area (TPSA) is 73.2 Å². The Kier molecular flexibility index (Phi) is 5.23. The average Bonchev–Trinajstić information content (AvgIpc) is 2.73. The number of hydrogen-bond donors (Lipinski definition) is 1. The second-order valence-corrected chi connectivity index (χ2v) is 5.42. The largest absolute Gasteiger partial charge is 0.452 e. The van der Waals surface area contributed by atoms with E-state index in [0.29, 0.717) is 5.69 Å². The van der Waals surface area contributed by atoms with Gasteiger partial charge in [0.15, 0.2) is 6.61 Å². The van der Waals surface area contributed by atoms with E-state index in [9.17, 15) is 14.0 Å². The van der Waals surface area contributed by atoms with Crippen LogP contribution in [0.25, 0.3) is 0 Å². The van der Waals surface area contributed by atoms with Crippen molar-refractivity contribution in [2.45, 2.75) is 6.92 Å². The minimum atomic E-state index is -0.790. The minimum Gasteiger partial charge on any atom is -0.452 e. The first-order valence-corrected chi connectivity index (χ1v) is 7.16. The summed E-state index contributed by atoms with van der Waals surface area (Å²) in [5.74, 6) is -2.15. The van der Waals surface area contributed by atoms with E-state index < -0.39 is 24.3 Å². The van der Waals surface area contributed by atoms with Gasteiger partial charge in [0.05, 0.1) is 11.4 Å². The Morgan fingerprint density at radius 3 is 2.70 bits per heavy atom. The molecule has 0 aliphatic heterocycles. The second kappa shape index (κ2) is 6.97. The number of aryl methyl sites for hydroxylation is 2. The highest BCUT2D eigenvalue weighted by molar-refractivity contribution is 6.32. The summed E-state index contributed by atoms with van der Waals surface area (Å²) in [5, 5.41) is 6.60. The van der Waals surface area contributed by atoms with Crippen LogP contribution >= 0.6 is 23.2 Å². The van der Waals surface area contributed by atoms with E-state index in [1.54, 1.807) is 14.0 Å². The molecule has 0 atom stereocenters. The number of ether oxygens (including phenoxy) is 1. The van der Waals surface area contributed by atoms with E-state index in [-0.39, 0.29) is 21.4 Å². The Bertz CT molecular complexity index is 777. The predicted octanol–water partition coefficient (Wildman–Crippen LogP) is 2.97. The van der Waals surface area contributed by atoms with Gasteiger partial charge < -0.3 is 10.1 Å². The van der Waals surface area contributed by atoms with E-state index in [1.807, 2.05) is 0 Å². The van der Waals surface area contributed by atoms with Gasteiger partial charge in [-0.05, 0) is 25.1 Å². The SMILES string of the molecule is Cc1nn(C)c(Cl)c1C(=O)OCC(=O)Nc1cc(Cl)ccc1F. The molecule has 1 N–H and O–H groups in total. The Labute approximate surface area is 141 Å². The summed E-state index contributed by atoms with van der Waals surface area (Å²) < 4.78 is 19.7. The molecule has 0 fully saturated rings. The van der Waals surface area contributed by atoms with Crippen molar-refractivity contribution < 1.29 is 18.7 Å². The van der Waals surface area contributed by atoms with Crippen molar-refractivity contribution in [3.8, 4) is 0 Å². The van der Waals surface area contributed by atoms with Crippen molar-refractivity contribution in [3.05, 3.63) is 45.4 Å². The molecule has 0 saturated heterocycles. The number of nitrogens with zero attached hydrogens (tertiary/aromatic N) is 2. The van der Waals surface area contributed by atoms with Gasteiger partial charge in [0, 0.05) is 12.1 Å². The average molecular weight is 360 g/mol. The highest BCUT2D eigenvalue weighted by Gasteiger charge is 2.21. The van der Waals surface area contributed by atoms with Crippen molar-refractivity contribution in [1.29, 1.82) is 0 Å². The summed E-state index contributed by atoms with van der Waals surface area (Å²) in [4.78, 5) is 23.7. The number of anilines is 1. The number of benzene rings is 1. The lowest BCUT2D eigenvalue weighted by molar-refractivity contribution is -0.119. The molecule has 0 bridgehead atoms. The van der Waals surface area contributed by atoms with Crippen molar-refractivity contribution >= 4 is 40.8 Å². The predicted molar refractivity (Wildman–Crippen MR) is 83.3 cm³/mol. The lowest BCUT2D eigenvalue weighted by Crippen LogP contribution is -2.21. The van der Waals surface area contributed by atoms with Gasteiger partial charge in [0.1, 0.15) is 16.5 Å². The lowest BCUT2D eigenvalue weighted by atomic mass is 10.3. The van der Waals surface area contributed by atoms with Crippen LogP contribution in [-0.2, 0) is 16.6 Å². The Morgan fingerprint density at radius 1 is 1.39 bits per heavy atom. The number of halogens is 3. The molecule has 1 aromatic carbocycles. The second-order valence-electron chi connectivity index (χ2n) is 4.62. The van der Waals surface area contributed by atoms with E-state index in [2.05, 4.69) is 10.4 Å². The molecule has 1 amide bonds. The van der Waals surface area contributed by atoms with Crippen molar-refractivity contribution in [3.63, 3.8) is 0 Å². The number of aromatic nitrogens is 2. The summed E-state index contributed by atoms with van der Waals surface area (Å²) in [6.45, 7) is 0.985. The van der Waals surface area contributed by atoms with Gasteiger partial charge in [-0.25, -0.2) is 9.18 Å². The van der Waals surface area contributed by atoms with E-state index >= 15 is 0 Å². The first kappa shape index (κ1) is 17.2. The van der Waals surface area contributed by atoms with Crippen LogP contribution < -0.4 is 5.32 Å². The fourth-order valence-electron chi connectivity index (χ4n) is 1.84. The molecule has 0 aliphatic carbocycles. The molecule has 0 saturated carbocycles. The zero-order valence-corrected chi connectivity index (χ0v) is 13.7. The Balaban J connectivity index is 1.99. The van der Waals surface area contributed by atoms with E-state index in [4.69, 9.17) is 27.9 Å². The molecule has 9 heteroatoms. The fraction of sp³-hybridized carbons (Fsp3) is 0.214. The van der Waals surface area contributed by atoms with Crippen LogP contribution in [0.4, 0.5) is 10.1 Å². The molecule has 1 aromatic heterocycles. The van der Waals surface area contributed by atoms with Gasteiger partial charge in [-0.3, -0.25) is 9.48 Å². The molecule has 0 spiro atoms. The normalized spacial score (nSPS) is 10.5. The van der Waals surface area contributed by atoms with Gasteiger partial charge in [-0.1, -0.05) is 23.2 Å². The molecule has 2 rings (SSSR count). The maximum Gasteiger partial charge on any atom is 0.343 e. The zero-order valence-electron chi connectivity index (χ0n) is 12.2. The lowest BCUT2D eigenvalue weighted by Gasteiger charge is -2.07. The molecule has 122 valence electrons. The fourth-order valence-corrected chi connectivity index (χ4v) is 2.27. The molecular formula is C14H12Cl2FN3O3. The van der Waals surface area contributed by atoms with Crippen molar-refractivity contribution in [2.24, 2.45) is 7.05 Å². The first-order valence-electron chi connectivity index (χ1n) is 6.40. The maximum atomic E-state index is 13.5. The highest BCUT2D eigenvalue weighted by Crippen LogP contribution is 2.21. The quantitative estimate of drug-likeness (QED) is 0.851. The molecular weight excluding hydrogens is 348 g/mol. The van der Waals surface area contributed by atoms with Crippen molar-refractivity contribution in [1.82, 2.24) is 9.78 Å². The third kappa shape index (κ3) is 4.00. The van der Waals surface area contributed by atoms with Crippen LogP contribution in [0.15, 0.2) is 18.2 Å². The third-order valence-corrected chi connectivity index (χ3v) is 3.56. The van der Waals surface area contributed by atoms with Gasteiger partial charge in [0.25, 0.3) is 5.91 Å². The monoisotopic (exact) mass is 359 g/mol. The number of esters is 1. The van der Waals surface area contributed by atoms with Gasteiger partial charge in [-0.15, -0.1) is 0 Å². The summed E-state index contributed by atoms with van der Waals surface area (Å²) >= 11 is 11.6.